The molecule has 1 saturated carbocycles. The van der Waals surface area contributed by atoms with E-state index in [4.69, 9.17) is 16.1 Å². The van der Waals surface area contributed by atoms with Crippen LogP contribution in [0.2, 0.25) is 0 Å². The predicted octanol–water partition coefficient (Wildman–Crippen LogP) is 0.825. The van der Waals surface area contributed by atoms with Crippen LogP contribution in [-0.2, 0) is 4.79 Å². The highest BCUT2D eigenvalue weighted by Crippen LogP contribution is 2.50. The van der Waals surface area contributed by atoms with Gasteiger partial charge < -0.3 is 10.8 Å². The fourth-order valence-electron chi connectivity index (χ4n) is 1.19. The number of carbonyl (C=O) groups is 1. The number of aliphatic carboxylic acids is 1. The number of nitriles is 1. The Morgan fingerprint density at radius 2 is 2.36 bits per heavy atom. The minimum atomic E-state index is -0.956. The number of thioether (sulfide) groups is 1. The summed E-state index contributed by atoms with van der Waals surface area (Å²) >= 11 is 1.54. The van der Waals surface area contributed by atoms with Crippen molar-refractivity contribution in [3.05, 3.63) is 0 Å². The Balaban J connectivity index is 2.16. The number of carboxylic acids is 1. The molecule has 1 fully saturated rings. The third-order valence-corrected chi connectivity index (χ3v) is 3.85. The molecule has 0 aromatic carbocycles. The van der Waals surface area contributed by atoms with Crippen LogP contribution in [0.5, 0.6) is 0 Å². The molecule has 0 saturated heterocycles. The van der Waals surface area contributed by atoms with E-state index in [-0.39, 0.29) is 5.41 Å². The van der Waals surface area contributed by atoms with Crippen LogP contribution >= 0.6 is 11.8 Å². The lowest BCUT2D eigenvalue weighted by Gasteiger charge is -2.11. The summed E-state index contributed by atoms with van der Waals surface area (Å²) in [5.41, 5.74) is 5.53. The molecule has 0 amide bonds. The summed E-state index contributed by atoms with van der Waals surface area (Å²) in [4.78, 5) is 10.4. The van der Waals surface area contributed by atoms with Crippen molar-refractivity contribution in [2.75, 3.05) is 11.5 Å². The molecule has 0 aromatic rings. The summed E-state index contributed by atoms with van der Waals surface area (Å²) in [5, 5.41) is 17.1. The number of nitrogens with two attached hydrogens (primary N) is 1. The number of nitrogens with zero attached hydrogens (tertiary/aromatic N) is 1. The van der Waals surface area contributed by atoms with Crippen LogP contribution < -0.4 is 5.73 Å². The SMILES string of the molecule is N#CCC1(CSC[C@@H](N)C(=O)O)CC1. The fraction of sp³-hybridized carbons (Fsp3) is 0.778. The molecule has 1 aliphatic carbocycles. The molecule has 14 heavy (non-hydrogen) atoms. The van der Waals surface area contributed by atoms with E-state index in [0.29, 0.717) is 12.2 Å². The lowest BCUT2D eigenvalue weighted by molar-refractivity contribution is -0.137. The average molecular weight is 214 g/mol. The largest absolute Gasteiger partial charge is 0.480 e. The van der Waals surface area contributed by atoms with Gasteiger partial charge in [-0.1, -0.05) is 0 Å². The van der Waals surface area contributed by atoms with Crippen LogP contribution in [-0.4, -0.2) is 28.6 Å². The summed E-state index contributed by atoms with van der Waals surface area (Å²) in [6.07, 6.45) is 2.77. The summed E-state index contributed by atoms with van der Waals surface area (Å²) in [6.45, 7) is 0. The maximum absolute atomic E-state index is 10.4. The first-order valence-corrected chi connectivity index (χ1v) is 5.68. The molecule has 4 nitrogen and oxygen atoms in total. The second kappa shape index (κ2) is 4.67. The Hall–Kier alpha value is -0.730. The third kappa shape index (κ3) is 3.20. The van der Waals surface area contributed by atoms with Gasteiger partial charge in [0.25, 0.3) is 0 Å². The van der Waals surface area contributed by atoms with Gasteiger partial charge in [-0.2, -0.15) is 17.0 Å². The van der Waals surface area contributed by atoms with E-state index in [1.165, 1.54) is 0 Å². The summed E-state index contributed by atoms with van der Waals surface area (Å²) < 4.78 is 0. The molecule has 1 rings (SSSR count). The average Bonchev–Trinajstić information content (AvgIpc) is 2.85. The van der Waals surface area contributed by atoms with Crippen molar-refractivity contribution in [3.63, 3.8) is 0 Å². The molecule has 0 bridgehead atoms. The van der Waals surface area contributed by atoms with Gasteiger partial charge in [0.1, 0.15) is 6.04 Å². The zero-order chi connectivity index (χ0) is 10.6. The molecule has 0 radical (unpaired) electrons. The van der Waals surface area contributed by atoms with Crippen LogP contribution in [0.4, 0.5) is 0 Å². The lowest BCUT2D eigenvalue weighted by Crippen LogP contribution is -2.32. The van der Waals surface area contributed by atoms with Gasteiger partial charge in [0.15, 0.2) is 0 Å². The first-order chi connectivity index (χ1) is 6.59. The second-order valence-electron chi connectivity index (χ2n) is 3.79. The van der Waals surface area contributed by atoms with E-state index in [2.05, 4.69) is 6.07 Å². The molecule has 0 spiro atoms. The standard InChI is InChI=1S/C9H14N2O2S/c10-4-3-9(1-2-9)6-14-5-7(11)8(12)13/h7H,1-3,5-6,11H2,(H,12,13)/t7-/m1/s1. The third-order valence-electron chi connectivity index (χ3n) is 2.43. The number of carboxylic acid groups (broad SMARTS) is 1. The molecule has 0 heterocycles. The van der Waals surface area contributed by atoms with Gasteiger partial charge in [-0.3, -0.25) is 4.79 Å². The second-order valence-corrected chi connectivity index (χ2v) is 4.83. The highest BCUT2D eigenvalue weighted by molar-refractivity contribution is 7.99. The van der Waals surface area contributed by atoms with Crippen LogP contribution in [0.15, 0.2) is 0 Å². The lowest BCUT2D eigenvalue weighted by atomic mass is 10.1. The smallest absolute Gasteiger partial charge is 0.321 e. The van der Waals surface area contributed by atoms with Crippen LogP contribution in [0.1, 0.15) is 19.3 Å². The molecular weight excluding hydrogens is 200 g/mol. The van der Waals surface area contributed by atoms with Crippen molar-refractivity contribution < 1.29 is 9.90 Å². The molecule has 0 unspecified atom stereocenters. The Bertz CT molecular complexity index is 258. The minimum Gasteiger partial charge on any atom is -0.480 e. The molecule has 0 aliphatic heterocycles. The van der Waals surface area contributed by atoms with E-state index in [0.717, 1.165) is 18.6 Å². The normalized spacial score (nSPS) is 19.7. The van der Waals surface area contributed by atoms with Gasteiger partial charge >= 0.3 is 5.97 Å². The van der Waals surface area contributed by atoms with Crippen molar-refractivity contribution in [1.29, 1.82) is 5.26 Å². The predicted molar refractivity (Wildman–Crippen MR) is 54.8 cm³/mol. The minimum absolute atomic E-state index is 0.178. The van der Waals surface area contributed by atoms with Gasteiger partial charge in [-0.25, -0.2) is 0 Å². The fourth-order valence-corrected chi connectivity index (χ4v) is 2.53. The van der Waals surface area contributed by atoms with Gasteiger partial charge in [0, 0.05) is 12.2 Å². The van der Waals surface area contributed by atoms with E-state index in [1.54, 1.807) is 11.8 Å². The molecule has 0 aromatic heterocycles. The molecular formula is C9H14N2O2S. The first kappa shape index (κ1) is 11.3. The van der Waals surface area contributed by atoms with Crippen molar-refractivity contribution >= 4 is 17.7 Å². The molecule has 78 valence electrons. The van der Waals surface area contributed by atoms with Crippen LogP contribution in [0.3, 0.4) is 0 Å². The number of hydrogen-bond donors (Lipinski definition) is 2. The van der Waals surface area contributed by atoms with Crippen molar-refractivity contribution in [2.45, 2.75) is 25.3 Å². The van der Waals surface area contributed by atoms with E-state index < -0.39 is 12.0 Å². The Morgan fingerprint density at radius 3 is 2.79 bits per heavy atom. The van der Waals surface area contributed by atoms with Crippen molar-refractivity contribution in [1.82, 2.24) is 0 Å². The molecule has 1 atom stereocenters. The maximum Gasteiger partial charge on any atom is 0.321 e. The Labute approximate surface area is 87.5 Å². The summed E-state index contributed by atoms with van der Waals surface area (Å²) in [7, 11) is 0. The van der Waals surface area contributed by atoms with E-state index in [9.17, 15) is 4.79 Å². The molecule has 5 heteroatoms. The molecule has 3 N–H and O–H groups in total. The van der Waals surface area contributed by atoms with Crippen molar-refractivity contribution in [3.8, 4) is 6.07 Å². The van der Waals surface area contributed by atoms with Gasteiger partial charge in [-0.15, -0.1) is 0 Å². The van der Waals surface area contributed by atoms with Crippen molar-refractivity contribution in [2.24, 2.45) is 11.1 Å². The van der Waals surface area contributed by atoms with Crippen LogP contribution in [0, 0.1) is 16.7 Å². The highest BCUT2D eigenvalue weighted by Gasteiger charge is 2.42. The zero-order valence-electron chi connectivity index (χ0n) is 7.90. The van der Waals surface area contributed by atoms with E-state index in [1.807, 2.05) is 0 Å². The Morgan fingerprint density at radius 1 is 1.71 bits per heavy atom. The highest BCUT2D eigenvalue weighted by atomic mass is 32.2. The maximum atomic E-state index is 10.4. The molecule has 1 aliphatic rings. The zero-order valence-corrected chi connectivity index (χ0v) is 8.72. The first-order valence-electron chi connectivity index (χ1n) is 4.53. The monoisotopic (exact) mass is 214 g/mol. The van der Waals surface area contributed by atoms with Gasteiger partial charge in [-0.05, 0) is 24.0 Å². The van der Waals surface area contributed by atoms with Crippen LogP contribution in [0.25, 0.3) is 0 Å². The Kier molecular flexibility index (Phi) is 3.78. The van der Waals surface area contributed by atoms with E-state index >= 15 is 0 Å². The number of hydrogen-bond acceptors (Lipinski definition) is 4. The van der Waals surface area contributed by atoms with Gasteiger partial charge in [0.05, 0.1) is 6.07 Å². The van der Waals surface area contributed by atoms with Gasteiger partial charge in [0.2, 0.25) is 0 Å². The summed E-state index contributed by atoms with van der Waals surface area (Å²) in [5.74, 6) is 0.340. The summed E-state index contributed by atoms with van der Waals surface area (Å²) in [6, 6.07) is 1.39. The quantitative estimate of drug-likeness (QED) is 0.683. The topological polar surface area (TPSA) is 87.1 Å². The number of rotatable bonds is 6.